The third-order valence-electron chi connectivity index (χ3n) is 2.81. The van der Waals surface area contributed by atoms with Crippen molar-refractivity contribution in [1.29, 1.82) is 0 Å². The number of hydrogen-bond donors (Lipinski definition) is 0. The number of nitrogens with zero attached hydrogens (tertiary/aromatic N) is 3. The van der Waals surface area contributed by atoms with Gasteiger partial charge >= 0.3 is 6.03 Å². The SMILES string of the molecule is CCN(CC)C(=O)n1ccc(Sc2cccc(Br)c2)n1. The van der Waals surface area contributed by atoms with Crippen LogP contribution in [-0.2, 0) is 0 Å². The van der Waals surface area contributed by atoms with E-state index in [1.807, 2.05) is 44.2 Å². The molecule has 1 heterocycles. The molecule has 0 aliphatic heterocycles. The maximum Gasteiger partial charge on any atom is 0.344 e. The summed E-state index contributed by atoms with van der Waals surface area (Å²) in [4.78, 5) is 15.0. The van der Waals surface area contributed by atoms with Crippen molar-refractivity contribution in [3.63, 3.8) is 0 Å². The zero-order chi connectivity index (χ0) is 14.5. The third kappa shape index (κ3) is 3.64. The minimum atomic E-state index is -0.0870. The summed E-state index contributed by atoms with van der Waals surface area (Å²) in [5, 5.41) is 5.13. The van der Waals surface area contributed by atoms with Gasteiger partial charge in [0.25, 0.3) is 0 Å². The minimum Gasteiger partial charge on any atom is -0.323 e. The highest BCUT2D eigenvalue weighted by atomic mass is 79.9. The molecule has 0 unspecified atom stereocenters. The number of halogens is 1. The van der Waals surface area contributed by atoms with Gasteiger partial charge in [-0.05, 0) is 38.1 Å². The van der Waals surface area contributed by atoms with E-state index < -0.39 is 0 Å². The third-order valence-corrected chi connectivity index (χ3v) is 4.22. The van der Waals surface area contributed by atoms with Crippen LogP contribution in [0.15, 0.2) is 50.9 Å². The van der Waals surface area contributed by atoms with Gasteiger partial charge in [0.05, 0.1) is 0 Å². The number of rotatable bonds is 4. The van der Waals surface area contributed by atoms with Gasteiger partial charge in [0, 0.05) is 28.7 Å². The number of carbonyl (C=O) groups excluding carboxylic acids is 1. The first-order valence-electron chi connectivity index (χ1n) is 6.42. The van der Waals surface area contributed by atoms with E-state index in [2.05, 4.69) is 21.0 Å². The lowest BCUT2D eigenvalue weighted by atomic mass is 10.4. The molecule has 0 atom stereocenters. The largest absolute Gasteiger partial charge is 0.344 e. The van der Waals surface area contributed by atoms with Crippen LogP contribution in [0.25, 0.3) is 0 Å². The Morgan fingerprint density at radius 1 is 1.35 bits per heavy atom. The Morgan fingerprint density at radius 2 is 2.10 bits per heavy atom. The monoisotopic (exact) mass is 353 g/mol. The van der Waals surface area contributed by atoms with Crippen LogP contribution in [0.3, 0.4) is 0 Å². The molecule has 0 saturated heterocycles. The van der Waals surface area contributed by atoms with E-state index in [4.69, 9.17) is 0 Å². The maximum absolute atomic E-state index is 12.1. The van der Waals surface area contributed by atoms with Gasteiger partial charge in [0.2, 0.25) is 0 Å². The first kappa shape index (κ1) is 15.1. The molecule has 1 aromatic heterocycles. The van der Waals surface area contributed by atoms with Gasteiger partial charge < -0.3 is 4.90 Å². The van der Waals surface area contributed by atoms with E-state index in [-0.39, 0.29) is 6.03 Å². The van der Waals surface area contributed by atoms with Gasteiger partial charge in [0.1, 0.15) is 5.03 Å². The highest BCUT2D eigenvalue weighted by molar-refractivity contribution is 9.10. The molecule has 0 spiro atoms. The van der Waals surface area contributed by atoms with Crippen molar-refractivity contribution in [2.24, 2.45) is 0 Å². The quantitative estimate of drug-likeness (QED) is 0.830. The van der Waals surface area contributed by atoms with Crippen molar-refractivity contribution in [1.82, 2.24) is 14.7 Å². The van der Waals surface area contributed by atoms with Gasteiger partial charge in [-0.1, -0.05) is 33.8 Å². The number of carbonyl (C=O) groups is 1. The molecule has 1 amide bonds. The molecule has 1 aromatic carbocycles. The molecule has 106 valence electrons. The van der Waals surface area contributed by atoms with Crippen LogP contribution in [0.4, 0.5) is 4.79 Å². The second-order valence-corrected chi connectivity index (χ2v) is 6.12. The van der Waals surface area contributed by atoms with Crippen molar-refractivity contribution in [2.75, 3.05) is 13.1 Å². The topological polar surface area (TPSA) is 38.1 Å². The first-order chi connectivity index (χ1) is 9.63. The van der Waals surface area contributed by atoms with E-state index in [0.29, 0.717) is 13.1 Å². The fraction of sp³-hybridized carbons (Fsp3) is 0.286. The standard InChI is InChI=1S/C14H16BrN3OS/c1-3-17(4-2)14(19)18-9-8-13(16-18)20-12-7-5-6-11(15)10-12/h5-10H,3-4H2,1-2H3. The lowest BCUT2D eigenvalue weighted by Crippen LogP contribution is -2.34. The first-order valence-corrected chi connectivity index (χ1v) is 8.03. The predicted molar refractivity (Wildman–Crippen MR) is 84.2 cm³/mol. The molecule has 4 nitrogen and oxygen atoms in total. The van der Waals surface area contributed by atoms with Crippen LogP contribution < -0.4 is 0 Å². The van der Waals surface area contributed by atoms with Crippen molar-refractivity contribution in [3.8, 4) is 0 Å². The summed E-state index contributed by atoms with van der Waals surface area (Å²) in [5.74, 6) is 0. The van der Waals surface area contributed by atoms with Crippen LogP contribution in [-0.4, -0.2) is 33.8 Å². The summed E-state index contributed by atoms with van der Waals surface area (Å²) >= 11 is 4.98. The summed E-state index contributed by atoms with van der Waals surface area (Å²) in [7, 11) is 0. The summed E-state index contributed by atoms with van der Waals surface area (Å²) in [6.45, 7) is 5.29. The van der Waals surface area contributed by atoms with Gasteiger partial charge in [-0.25, -0.2) is 4.79 Å². The van der Waals surface area contributed by atoms with E-state index in [1.165, 1.54) is 16.4 Å². The van der Waals surface area contributed by atoms with Crippen LogP contribution in [0.2, 0.25) is 0 Å². The molecule has 0 radical (unpaired) electrons. The van der Waals surface area contributed by atoms with Gasteiger partial charge in [0.15, 0.2) is 0 Å². The lowest BCUT2D eigenvalue weighted by Gasteiger charge is -2.17. The summed E-state index contributed by atoms with van der Waals surface area (Å²) in [5.41, 5.74) is 0. The van der Waals surface area contributed by atoms with Gasteiger partial charge in [-0.3, -0.25) is 0 Å². The summed E-state index contributed by atoms with van der Waals surface area (Å²) in [6.07, 6.45) is 1.71. The van der Waals surface area contributed by atoms with E-state index in [0.717, 1.165) is 14.4 Å². The smallest absolute Gasteiger partial charge is 0.323 e. The number of benzene rings is 1. The Kier molecular flexibility index (Phi) is 5.25. The molecular weight excluding hydrogens is 338 g/mol. The Hall–Kier alpha value is -1.27. The highest BCUT2D eigenvalue weighted by Gasteiger charge is 2.13. The van der Waals surface area contributed by atoms with Gasteiger partial charge in [-0.15, -0.1) is 0 Å². The van der Waals surface area contributed by atoms with E-state index in [9.17, 15) is 4.79 Å². The molecule has 0 bridgehead atoms. The van der Waals surface area contributed by atoms with Crippen molar-refractivity contribution >= 4 is 33.7 Å². The molecule has 20 heavy (non-hydrogen) atoms. The molecule has 2 aromatic rings. The molecule has 0 aliphatic carbocycles. The average Bonchev–Trinajstić information content (AvgIpc) is 2.88. The fourth-order valence-corrected chi connectivity index (χ4v) is 3.14. The lowest BCUT2D eigenvalue weighted by molar-refractivity contribution is 0.201. The van der Waals surface area contributed by atoms with Crippen LogP contribution in [0.5, 0.6) is 0 Å². The number of aromatic nitrogens is 2. The summed E-state index contributed by atoms with van der Waals surface area (Å²) in [6, 6.07) is 9.76. The number of hydrogen-bond acceptors (Lipinski definition) is 3. The molecule has 0 saturated carbocycles. The zero-order valence-electron chi connectivity index (χ0n) is 11.4. The highest BCUT2D eigenvalue weighted by Crippen LogP contribution is 2.28. The van der Waals surface area contributed by atoms with Crippen LogP contribution >= 0.6 is 27.7 Å². The maximum atomic E-state index is 12.1. The Labute approximate surface area is 131 Å². The van der Waals surface area contributed by atoms with Crippen molar-refractivity contribution < 1.29 is 4.79 Å². The van der Waals surface area contributed by atoms with Gasteiger partial charge in [-0.2, -0.15) is 9.78 Å². The van der Waals surface area contributed by atoms with E-state index >= 15 is 0 Å². The molecule has 0 aliphatic rings. The molecule has 0 N–H and O–H groups in total. The Morgan fingerprint density at radius 3 is 2.75 bits per heavy atom. The normalized spacial score (nSPS) is 10.6. The van der Waals surface area contributed by atoms with Crippen molar-refractivity contribution in [3.05, 3.63) is 41.0 Å². The zero-order valence-corrected chi connectivity index (χ0v) is 13.8. The van der Waals surface area contributed by atoms with E-state index in [1.54, 1.807) is 11.1 Å². The average molecular weight is 354 g/mol. The number of amides is 1. The Balaban J connectivity index is 2.11. The minimum absolute atomic E-state index is 0.0870. The van der Waals surface area contributed by atoms with Crippen LogP contribution in [0.1, 0.15) is 13.8 Å². The van der Waals surface area contributed by atoms with Crippen LogP contribution in [0, 0.1) is 0 Å². The van der Waals surface area contributed by atoms with Crippen molar-refractivity contribution in [2.45, 2.75) is 23.8 Å². The summed E-state index contributed by atoms with van der Waals surface area (Å²) < 4.78 is 2.42. The second-order valence-electron chi connectivity index (χ2n) is 4.11. The molecule has 0 fully saturated rings. The Bertz CT molecular complexity index is 596. The molecular formula is C14H16BrN3OS. The second kappa shape index (κ2) is 6.95. The fourth-order valence-electron chi connectivity index (χ4n) is 1.76. The molecule has 6 heteroatoms. The predicted octanol–water partition coefficient (Wildman–Crippen LogP) is 4.11. The molecule has 2 rings (SSSR count).